The molecule has 0 aliphatic rings. The summed E-state index contributed by atoms with van der Waals surface area (Å²) in [5.74, 6) is -0.730. The first-order valence-corrected chi connectivity index (χ1v) is 6.89. The molecule has 122 valence electrons. The largest absolute Gasteiger partial charge is 0.426 e. The number of allylic oxidation sites excluding steroid dienone is 5. The molecule has 0 rings (SSSR count). The molecule has 0 atom stereocenters. The minimum Gasteiger partial charge on any atom is -0.426 e. The maximum atomic E-state index is 12.3. The molecule has 0 saturated carbocycles. The van der Waals surface area contributed by atoms with Crippen LogP contribution in [-0.2, 0) is 14.3 Å². The summed E-state index contributed by atoms with van der Waals surface area (Å²) in [5.41, 5.74) is -0.219. The van der Waals surface area contributed by atoms with Crippen molar-refractivity contribution in [2.24, 2.45) is 10.8 Å². The van der Waals surface area contributed by atoms with E-state index in [0.29, 0.717) is 5.76 Å². The Morgan fingerprint density at radius 1 is 1.14 bits per heavy atom. The molecular weight excluding hydrogens is 282 g/mol. The molecule has 0 fully saturated rings. The van der Waals surface area contributed by atoms with Crippen LogP contribution in [0.4, 0.5) is 0 Å². The van der Waals surface area contributed by atoms with E-state index in [-0.39, 0.29) is 6.42 Å². The maximum absolute atomic E-state index is 12.3. The highest BCUT2D eigenvalue weighted by Crippen LogP contribution is 2.35. The monoisotopic (exact) mass is 307 g/mol. The first-order valence-electron chi connectivity index (χ1n) is 6.89. The number of carbonyl (C=O) groups excluding carboxylic acids is 2. The summed E-state index contributed by atoms with van der Waals surface area (Å²) >= 11 is 0. The van der Waals surface area contributed by atoms with Crippen LogP contribution in [0.1, 0.15) is 34.1 Å². The third-order valence-electron chi connectivity index (χ3n) is 3.07. The van der Waals surface area contributed by atoms with Crippen LogP contribution in [0.2, 0.25) is 0 Å². The molecule has 0 aromatic rings. The standard InChI is InChI=1S/C17H25NO4/c1-7-9-10-11-13(8-2)22-15(20)17(5,6)12-16(3,4)14(19)18-21/h7-11,21H,1-2,12H2,3-6H3,(H,18,19)/b10-9-,13-11+. The molecule has 0 aliphatic heterocycles. The second kappa shape index (κ2) is 8.34. The van der Waals surface area contributed by atoms with Crippen LogP contribution in [0.25, 0.3) is 0 Å². The van der Waals surface area contributed by atoms with Gasteiger partial charge in [0.15, 0.2) is 0 Å². The fraction of sp³-hybridized carbons (Fsp3) is 0.412. The number of amides is 1. The number of esters is 1. The highest BCUT2D eigenvalue weighted by Gasteiger charge is 2.40. The maximum Gasteiger partial charge on any atom is 0.316 e. The van der Waals surface area contributed by atoms with E-state index in [4.69, 9.17) is 9.94 Å². The summed E-state index contributed by atoms with van der Waals surface area (Å²) in [6, 6.07) is 0. The first kappa shape index (κ1) is 19.9. The van der Waals surface area contributed by atoms with Crippen molar-refractivity contribution in [1.82, 2.24) is 5.48 Å². The van der Waals surface area contributed by atoms with E-state index in [1.807, 2.05) is 0 Å². The van der Waals surface area contributed by atoms with Crippen LogP contribution in [0.3, 0.4) is 0 Å². The van der Waals surface area contributed by atoms with E-state index >= 15 is 0 Å². The zero-order valence-electron chi connectivity index (χ0n) is 13.7. The van der Waals surface area contributed by atoms with Gasteiger partial charge in [-0.1, -0.05) is 45.2 Å². The van der Waals surface area contributed by atoms with E-state index in [2.05, 4.69) is 13.2 Å². The van der Waals surface area contributed by atoms with Crippen molar-refractivity contribution in [3.63, 3.8) is 0 Å². The smallest absolute Gasteiger partial charge is 0.316 e. The predicted octanol–water partition coefficient (Wildman–Crippen LogP) is 3.29. The molecule has 5 heteroatoms. The number of ether oxygens (including phenoxy) is 1. The zero-order chi connectivity index (χ0) is 17.4. The van der Waals surface area contributed by atoms with E-state index in [0.717, 1.165) is 0 Å². The van der Waals surface area contributed by atoms with Crippen LogP contribution >= 0.6 is 0 Å². The summed E-state index contributed by atoms with van der Waals surface area (Å²) in [6.45, 7) is 13.8. The summed E-state index contributed by atoms with van der Waals surface area (Å²) in [6.07, 6.45) is 8.18. The normalized spacial score (nSPS) is 12.9. The second-order valence-electron chi connectivity index (χ2n) is 6.17. The van der Waals surface area contributed by atoms with Crippen molar-refractivity contribution in [2.45, 2.75) is 34.1 Å². The molecule has 0 spiro atoms. The third kappa shape index (κ3) is 6.10. The van der Waals surface area contributed by atoms with Crippen LogP contribution in [0.15, 0.2) is 49.3 Å². The van der Waals surface area contributed by atoms with Gasteiger partial charge in [0.1, 0.15) is 5.76 Å². The number of nitrogens with one attached hydrogen (secondary N) is 1. The Hall–Kier alpha value is -2.14. The summed E-state index contributed by atoms with van der Waals surface area (Å²) in [7, 11) is 0. The number of carbonyl (C=O) groups is 2. The molecule has 0 saturated heterocycles. The zero-order valence-corrected chi connectivity index (χ0v) is 13.7. The predicted molar refractivity (Wildman–Crippen MR) is 85.8 cm³/mol. The van der Waals surface area contributed by atoms with Crippen LogP contribution < -0.4 is 5.48 Å². The van der Waals surface area contributed by atoms with Gasteiger partial charge in [-0.3, -0.25) is 14.8 Å². The third-order valence-corrected chi connectivity index (χ3v) is 3.07. The summed E-state index contributed by atoms with van der Waals surface area (Å²) in [4.78, 5) is 23.9. The van der Waals surface area contributed by atoms with Crippen molar-refractivity contribution in [3.05, 3.63) is 49.3 Å². The average Bonchev–Trinajstić information content (AvgIpc) is 2.43. The Morgan fingerprint density at radius 3 is 2.18 bits per heavy atom. The molecular formula is C17H25NO4. The van der Waals surface area contributed by atoms with E-state index in [1.165, 1.54) is 6.08 Å². The highest BCUT2D eigenvalue weighted by molar-refractivity contribution is 5.83. The Balaban J connectivity index is 5.05. The van der Waals surface area contributed by atoms with Gasteiger partial charge in [-0.25, -0.2) is 5.48 Å². The van der Waals surface area contributed by atoms with Crippen molar-refractivity contribution >= 4 is 11.9 Å². The van der Waals surface area contributed by atoms with E-state index in [9.17, 15) is 9.59 Å². The lowest BCUT2D eigenvalue weighted by molar-refractivity contribution is -0.153. The lowest BCUT2D eigenvalue weighted by atomic mass is 9.74. The number of hydroxylamine groups is 1. The lowest BCUT2D eigenvalue weighted by Gasteiger charge is -2.31. The van der Waals surface area contributed by atoms with Crippen LogP contribution in [-0.4, -0.2) is 17.1 Å². The van der Waals surface area contributed by atoms with E-state index in [1.54, 1.807) is 57.5 Å². The number of hydrogen-bond donors (Lipinski definition) is 2. The van der Waals surface area contributed by atoms with Crippen molar-refractivity contribution in [1.29, 1.82) is 0 Å². The topological polar surface area (TPSA) is 75.6 Å². The van der Waals surface area contributed by atoms with Gasteiger partial charge in [-0.15, -0.1) is 0 Å². The van der Waals surface area contributed by atoms with Crippen molar-refractivity contribution < 1.29 is 19.5 Å². The highest BCUT2D eigenvalue weighted by atomic mass is 16.5. The summed E-state index contributed by atoms with van der Waals surface area (Å²) < 4.78 is 5.29. The van der Waals surface area contributed by atoms with Gasteiger partial charge in [-0.2, -0.15) is 0 Å². The fourth-order valence-electron chi connectivity index (χ4n) is 2.03. The molecule has 1 amide bonds. The summed E-state index contributed by atoms with van der Waals surface area (Å²) in [5, 5.41) is 8.76. The minimum atomic E-state index is -0.919. The van der Waals surface area contributed by atoms with Crippen LogP contribution in [0.5, 0.6) is 0 Å². The Kier molecular flexibility index (Phi) is 7.53. The van der Waals surface area contributed by atoms with Gasteiger partial charge in [-0.05, 0) is 32.4 Å². The fourth-order valence-corrected chi connectivity index (χ4v) is 2.03. The number of rotatable bonds is 8. The Morgan fingerprint density at radius 2 is 1.73 bits per heavy atom. The molecule has 0 bridgehead atoms. The lowest BCUT2D eigenvalue weighted by Crippen LogP contribution is -2.41. The average molecular weight is 307 g/mol. The second-order valence-corrected chi connectivity index (χ2v) is 6.17. The quantitative estimate of drug-likeness (QED) is 0.237. The first-order chi connectivity index (χ1) is 10.1. The van der Waals surface area contributed by atoms with Crippen molar-refractivity contribution in [2.75, 3.05) is 0 Å². The molecule has 0 aliphatic carbocycles. The minimum absolute atomic E-state index is 0.206. The molecule has 0 radical (unpaired) electrons. The molecule has 2 N–H and O–H groups in total. The SMILES string of the molecule is C=C/C=C\C=C(/C=C)OC(=O)C(C)(C)CC(C)(C)C(=O)NO. The van der Waals surface area contributed by atoms with Gasteiger partial charge in [0.25, 0.3) is 0 Å². The Labute approximate surface area is 132 Å². The molecule has 22 heavy (non-hydrogen) atoms. The molecule has 0 unspecified atom stereocenters. The van der Waals surface area contributed by atoms with Gasteiger partial charge in [0, 0.05) is 5.41 Å². The molecule has 0 heterocycles. The Bertz CT molecular complexity index is 499. The van der Waals surface area contributed by atoms with Gasteiger partial charge >= 0.3 is 5.97 Å². The number of hydrogen-bond acceptors (Lipinski definition) is 4. The molecule has 5 nitrogen and oxygen atoms in total. The van der Waals surface area contributed by atoms with Crippen molar-refractivity contribution in [3.8, 4) is 0 Å². The van der Waals surface area contributed by atoms with Crippen LogP contribution in [0, 0.1) is 10.8 Å². The molecule has 0 aromatic heterocycles. The molecule has 0 aromatic carbocycles. The van der Waals surface area contributed by atoms with Gasteiger partial charge in [0.05, 0.1) is 5.41 Å². The van der Waals surface area contributed by atoms with E-state index < -0.39 is 22.7 Å². The van der Waals surface area contributed by atoms with Gasteiger partial charge in [0.2, 0.25) is 5.91 Å². The van der Waals surface area contributed by atoms with Gasteiger partial charge < -0.3 is 4.74 Å².